The number of benzene rings is 1. The lowest BCUT2D eigenvalue weighted by atomic mass is 9.70. The second kappa shape index (κ2) is 5.26. The Balaban J connectivity index is 2.01. The molecule has 1 amide bonds. The summed E-state index contributed by atoms with van der Waals surface area (Å²) in [5.41, 5.74) is 1.05. The molecule has 0 heterocycles. The van der Waals surface area contributed by atoms with Crippen molar-refractivity contribution in [2.24, 2.45) is 5.41 Å². The van der Waals surface area contributed by atoms with E-state index < -0.39 is 0 Å². The van der Waals surface area contributed by atoms with Crippen molar-refractivity contribution in [3.05, 3.63) is 31.8 Å². The first kappa shape index (κ1) is 13.3. The highest BCUT2D eigenvalue weighted by Gasteiger charge is 2.32. The number of hydrogen-bond donors (Lipinski definition) is 1. The molecule has 2 nitrogen and oxygen atoms in total. The molecule has 0 radical (unpaired) electrons. The number of hydrogen-bond acceptors (Lipinski definition) is 1. The van der Waals surface area contributed by atoms with E-state index in [1.165, 1.54) is 19.3 Å². The number of rotatable bonds is 3. The molecule has 1 aliphatic rings. The van der Waals surface area contributed by atoms with Gasteiger partial charge in [0.2, 0.25) is 0 Å². The van der Waals surface area contributed by atoms with Crippen molar-refractivity contribution in [2.45, 2.75) is 26.2 Å². The minimum absolute atomic E-state index is 0.0171. The lowest BCUT2D eigenvalue weighted by molar-refractivity contribution is 0.0890. The fourth-order valence-electron chi connectivity index (χ4n) is 2.02. The molecule has 1 aromatic carbocycles. The maximum absolute atomic E-state index is 12.1. The largest absolute Gasteiger partial charge is 0.351 e. The van der Waals surface area contributed by atoms with Crippen molar-refractivity contribution >= 4 is 44.4 Å². The molecule has 1 aliphatic carbocycles. The van der Waals surface area contributed by atoms with Crippen molar-refractivity contribution in [3.63, 3.8) is 0 Å². The molecule has 0 unspecified atom stereocenters. The average molecular weight is 408 g/mol. The summed E-state index contributed by atoms with van der Waals surface area (Å²) < 4.78 is 1.93. The summed E-state index contributed by atoms with van der Waals surface area (Å²) in [5.74, 6) is 0.0171. The predicted molar refractivity (Wildman–Crippen MR) is 81.2 cm³/mol. The van der Waals surface area contributed by atoms with E-state index in [9.17, 15) is 4.79 Å². The van der Waals surface area contributed by atoms with Gasteiger partial charge in [0.15, 0.2) is 0 Å². The first-order valence-corrected chi connectivity index (χ1v) is 7.61. The van der Waals surface area contributed by atoms with Crippen LogP contribution in [0.1, 0.15) is 36.5 Å². The molecule has 0 aromatic heterocycles. The van der Waals surface area contributed by atoms with E-state index in [-0.39, 0.29) is 5.91 Å². The Morgan fingerprint density at radius 2 is 2.24 bits per heavy atom. The number of amides is 1. The lowest BCUT2D eigenvalue weighted by Gasteiger charge is -2.38. The first-order chi connectivity index (χ1) is 8.00. The van der Waals surface area contributed by atoms with Gasteiger partial charge in [-0.1, -0.05) is 13.3 Å². The molecule has 0 atom stereocenters. The number of carbonyl (C=O) groups is 1. The summed E-state index contributed by atoms with van der Waals surface area (Å²) in [6.07, 6.45) is 3.74. The third-order valence-electron chi connectivity index (χ3n) is 3.41. The maximum atomic E-state index is 12.1. The Morgan fingerprint density at radius 3 is 2.82 bits per heavy atom. The highest BCUT2D eigenvalue weighted by atomic mass is 127. The van der Waals surface area contributed by atoms with E-state index in [0.29, 0.717) is 5.41 Å². The molecule has 17 heavy (non-hydrogen) atoms. The van der Waals surface area contributed by atoms with Gasteiger partial charge in [-0.25, -0.2) is 0 Å². The van der Waals surface area contributed by atoms with Gasteiger partial charge in [0.05, 0.1) is 5.56 Å². The molecule has 2 rings (SSSR count). The van der Waals surface area contributed by atoms with Crippen LogP contribution in [-0.4, -0.2) is 12.5 Å². The van der Waals surface area contributed by atoms with Gasteiger partial charge in [0.1, 0.15) is 0 Å². The van der Waals surface area contributed by atoms with E-state index in [2.05, 4.69) is 50.8 Å². The van der Waals surface area contributed by atoms with Crippen LogP contribution in [0.25, 0.3) is 0 Å². The predicted octanol–water partition coefficient (Wildman–Crippen LogP) is 3.97. The normalized spacial score (nSPS) is 17.4. The Kier molecular flexibility index (Phi) is 4.13. The highest BCUT2D eigenvalue weighted by molar-refractivity contribution is 14.1. The molecular weight excluding hydrogens is 393 g/mol. The van der Waals surface area contributed by atoms with Crippen LogP contribution in [0.3, 0.4) is 0 Å². The van der Waals surface area contributed by atoms with Gasteiger partial charge in [-0.3, -0.25) is 4.79 Å². The Hall–Kier alpha value is -0.100. The van der Waals surface area contributed by atoms with Crippen LogP contribution in [0.2, 0.25) is 0 Å². The summed E-state index contributed by atoms with van der Waals surface area (Å²) in [6.45, 7) is 3.02. The van der Waals surface area contributed by atoms with Gasteiger partial charge in [0, 0.05) is 14.6 Å². The van der Waals surface area contributed by atoms with Crippen LogP contribution in [0.4, 0.5) is 0 Å². The van der Waals surface area contributed by atoms with E-state index >= 15 is 0 Å². The molecule has 0 saturated heterocycles. The van der Waals surface area contributed by atoms with E-state index in [4.69, 9.17) is 0 Å². The van der Waals surface area contributed by atoms with Crippen molar-refractivity contribution in [3.8, 4) is 0 Å². The SMILES string of the molecule is CC1(CNC(=O)c2cc(I)ccc2Br)CCC1. The zero-order valence-corrected chi connectivity index (χ0v) is 13.5. The van der Waals surface area contributed by atoms with Crippen LogP contribution < -0.4 is 5.32 Å². The van der Waals surface area contributed by atoms with Crippen molar-refractivity contribution < 1.29 is 4.79 Å². The molecule has 1 aromatic rings. The number of nitrogens with one attached hydrogen (secondary N) is 1. The quantitative estimate of drug-likeness (QED) is 0.754. The van der Waals surface area contributed by atoms with Gasteiger partial charge in [0.25, 0.3) is 5.91 Å². The maximum Gasteiger partial charge on any atom is 0.252 e. The van der Waals surface area contributed by atoms with Crippen molar-refractivity contribution in [1.82, 2.24) is 5.32 Å². The van der Waals surface area contributed by atoms with E-state index in [1.54, 1.807) is 0 Å². The van der Waals surface area contributed by atoms with Gasteiger partial charge in [-0.2, -0.15) is 0 Å². The molecule has 1 N–H and O–H groups in total. The van der Waals surface area contributed by atoms with Crippen LogP contribution in [0.5, 0.6) is 0 Å². The van der Waals surface area contributed by atoms with E-state index in [1.807, 2.05) is 18.2 Å². The van der Waals surface area contributed by atoms with Gasteiger partial charge in [-0.15, -0.1) is 0 Å². The molecule has 1 saturated carbocycles. The number of carbonyl (C=O) groups excluding carboxylic acids is 1. The summed E-state index contributed by atoms with van der Waals surface area (Å²) in [4.78, 5) is 12.1. The highest BCUT2D eigenvalue weighted by Crippen LogP contribution is 2.39. The summed E-state index contributed by atoms with van der Waals surface area (Å²) >= 11 is 5.64. The van der Waals surface area contributed by atoms with Crippen LogP contribution >= 0.6 is 38.5 Å². The van der Waals surface area contributed by atoms with Gasteiger partial charge < -0.3 is 5.32 Å². The lowest BCUT2D eigenvalue weighted by Crippen LogP contribution is -2.40. The molecule has 92 valence electrons. The monoisotopic (exact) mass is 407 g/mol. The third-order valence-corrected chi connectivity index (χ3v) is 4.77. The molecule has 0 spiro atoms. The molecule has 4 heteroatoms. The molecule has 1 fully saturated rings. The van der Waals surface area contributed by atoms with Crippen molar-refractivity contribution in [1.29, 1.82) is 0 Å². The van der Waals surface area contributed by atoms with Crippen molar-refractivity contribution in [2.75, 3.05) is 6.54 Å². The van der Waals surface area contributed by atoms with Gasteiger partial charge in [-0.05, 0) is 75.0 Å². The smallest absolute Gasteiger partial charge is 0.252 e. The Labute approximate surface area is 124 Å². The Morgan fingerprint density at radius 1 is 1.53 bits per heavy atom. The zero-order chi connectivity index (χ0) is 12.5. The van der Waals surface area contributed by atoms with Gasteiger partial charge >= 0.3 is 0 Å². The summed E-state index contributed by atoms with van der Waals surface area (Å²) in [5, 5.41) is 3.04. The topological polar surface area (TPSA) is 29.1 Å². The summed E-state index contributed by atoms with van der Waals surface area (Å²) in [7, 11) is 0. The third kappa shape index (κ3) is 3.22. The summed E-state index contributed by atoms with van der Waals surface area (Å²) in [6, 6.07) is 5.81. The molecule has 0 aliphatic heterocycles. The minimum Gasteiger partial charge on any atom is -0.351 e. The average Bonchev–Trinajstić information content (AvgIpc) is 2.26. The Bertz CT molecular complexity index is 443. The zero-order valence-electron chi connectivity index (χ0n) is 9.72. The molecule has 0 bridgehead atoms. The fourth-order valence-corrected chi connectivity index (χ4v) is 2.94. The van der Waals surface area contributed by atoms with Crippen LogP contribution in [0.15, 0.2) is 22.7 Å². The second-order valence-corrected chi connectivity index (χ2v) is 7.07. The molecular formula is C13H15BrINO. The van der Waals surface area contributed by atoms with Crippen LogP contribution in [0, 0.1) is 8.99 Å². The van der Waals surface area contributed by atoms with Crippen LogP contribution in [-0.2, 0) is 0 Å². The minimum atomic E-state index is 0.0171. The standard InChI is InChI=1S/C13H15BrINO/c1-13(5-2-6-13)8-16-12(17)10-7-9(15)3-4-11(10)14/h3-4,7H,2,5-6,8H2,1H3,(H,16,17). The second-order valence-electron chi connectivity index (χ2n) is 4.97. The fraction of sp³-hybridized carbons (Fsp3) is 0.462. The first-order valence-electron chi connectivity index (χ1n) is 5.73. The van der Waals surface area contributed by atoms with E-state index in [0.717, 1.165) is 20.2 Å². The number of halogens is 2.